The molecule has 0 spiro atoms. The molecule has 4 aliphatic rings. The predicted octanol–water partition coefficient (Wildman–Crippen LogP) is 6.45. The van der Waals surface area contributed by atoms with Crippen molar-refractivity contribution < 1.29 is 4.79 Å². The smallest absolute Gasteiger partial charge is 0.274 e. The van der Waals surface area contributed by atoms with Gasteiger partial charge >= 0.3 is 0 Å². The van der Waals surface area contributed by atoms with Crippen LogP contribution in [0.4, 0.5) is 11.4 Å². The van der Waals surface area contributed by atoms with E-state index in [9.17, 15) is 4.79 Å². The van der Waals surface area contributed by atoms with Gasteiger partial charge in [-0.15, -0.1) is 0 Å². The van der Waals surface area contributed by atoms with Gasteiger partial charge in [0.05, 0.1) is 0 Å². The van der Waals surface area contributed by atoms with E-state index in [0.717, 1.165) is 59.3 Å². The van der Waals surface area contributed by atoms with Gasteiger partial charge in [0.15, 0.2) is 5.16 Å². The Balaban J connectivity index is 1.17. The Morgan fingerprint density at radius 1 is 1.26 bits per heavy atom. The summed E-state index contributed by atoms with van der Waals surface area (Å²) in [7, 11) is 0. The van der Waals surface area contributed by atoms with E-state index in [0.29, 0.717) is 23.2 Å². The van der Waals surface area contributed by atoms with Crippen molar-refractivity contribution in [3.63, 3.8) is 0 Å². The van der Waals surface area contributed by atoms with E-state index in [1.54, 1.807) is 0 Å². The van der Waals surface area contributed by atoms with Gasteiger partial charge in [-0.1, -0.05) is 61.2 Å². The number of nitrogens with one attached hydrogen (secondary N) is 4. The molecule has 0 saturated heterocycles. The molecule has 1 saturated carbocycles. The molecule has 7 nitrogen and oxygen atoms in total. The molecule has 8 heteroatoms. The third kappa shape index (κ3) is 5.13. The van der Waals surface area contributed by atoms with Crippen LogP contribution in [0.1, 0.15) is 47.9 Å². The molecule has 39 heavy (non-hydrogen) atoms. The zero-order chi connectivity index (χ0) is 27.0. The highest BCUT2D eigenvalue weighted by Crippen LogP contribution is 2.61. The van der Waals surface area contributed by atoms with E-state index >= 15 is 0 Å². The summed E-state index contributed by atoms with van der Waals surface area (Å²) in [6.07, 6.45) is 22.0. The molecule has 200 valence electrons. The highest BCUT2D eigenvalue weighted by molar-refractivity contribution is 7.98. The number of amides is 1. The van der Waals surface area contributed by atoms with Gasteiger partial charge in [0, 0.05) is 42.2 Å². The molecule has 1 aromatic carbocycles. The van der Waals surface area contributed by atoms with Crippen LogP contribution >= 0.6 is 11.8 Å². The number of amidine groups is 1. The van der Waals surface area contributed by atoms with Crippen molar-refractivity contribution in [1.82, 2.24) is 15.3 Å². The van der Waals surface area contributed by atoms with E-state index in [-0.39, 0.29) is 11.3 Å². The van der Waals surface area contributed by atoms with Crippen LogP contribution < -0.4 is 16.0 Å². The number of aromatic nitrogens is 2. The number of dihydropyridines is 1. The van der Waals surface area contributed by atoms with Crippen molar-refractivity contribution in [3.05, 3.63) is 89.6 Å². The van der Waals surface area contributed by atoms with E-state index in [1.807, 2.05) is 30.7 Å². The highest BCUT2D eigenvalue weighted by atomic mass is 32.2. The van der Waals surface area contributed by atoms with Gasteiger partial charge in [0.2, 0.25) is 0 Å². The number of benzene rings is 1. The molecular formula is C31H34N6OS. The maximum atomic E-state index is 13.4. The third-order valence-corrected chi connectivity index (χ3v) is 8.57. The zero-order valence-electron chi connectivity index (χ0n) is 22.5. The SMILES string of the molecule is CSc1nc(C2=CCC(C)C=C2)c(C(=O)Nc2ccc(C)c(NC3=NC=CC4(C5=CNCC=C5)CC4C3)c2)[nH]1. The molecule has 2 aliphatic carbocycles. The molecule has 3 atom stereocenters. The summed E-state index contributed by atoms with van der Waals surface area (Å²) < 4.78 is 0. The second kappa shape index (κ2) is 10.4. The summed E-state index contributed by atoms with van der Waals surface area (Å²) in [5.74, 6) is 1.75. The largest absolute Gasteiger partial charge is 0.387 e. The summed E-state index contributed by atoms with van der Waals surface area (Å²) in [5.41, 5.74) is 6.31. The van der Waals surface area contributed by atoms with E-state index in [2.05, 4.69) is 82.4 Å². The molecule has 3 unspecified atom stereocenters. The second-order valence-corrected chi connectivity index (χ2v) is 11.6. The number of carbonyl (C=O) groups is 1. The molecule has 0 bridgehead atoms. The van der Waals surface area contributed by atoms with Gasteiger partial charge in [-0.25, -0.2) is 9.98 Å². The van der Waals surface area contributed by atoms with E-state index in [4.69, 9.17) is 4.99 Å². The molecular weight excluding hydrogens is 504 g/mol. The number of aryl methyl sites for hydroxylation is 1. The van der Waals surface area contributed by atoms with Crippen molar-refractivity contribution in [2.24, 2.45) is 22.2 Å². The Hall–Kier alpha value is -3.78. The summed E-state index contributed by atoms with van der Waals surface area (Å²) in [6.45, 7) is 5.13. The van der Waals surface area contributed by atoms with Crippen molar-refractivity contribution in [1.29, 1.82) is 0 Å². The Kier molecular flexibility index (Phi) is 6.81. The molecule has 2 aromatic rings. The van der Waals surface area contributed by atoms with Crippen LogP contribution in [0, 0.1) is 24.2 Å². The Morgan fingerprint density at radius 3 is 2.92 bits per heavy atom. The highest BCUT2D eigenvalue weighted by Gasteiger charge is 2.55. The lowest BCUT2D eigenvalue weighted by Gasteiger charge is -2.17. The van der Waals surface area contributed by atoms with Crippen LogP contribution in [0.2, 0.25) is 0 Å². The predicted molar refractivity (Wildman–Crippen MR) is 161 cm³/mol. The third-order valence-electron chi connectivity index (χ3n) is 7.99. The van der Waals surface area contributed by atoms with Gasteiger partial charge < -0.3 is 20.9 Å². The normalized spacial score (nSPS) is 25.1. The number of nitrogens with zero attached hydrogens (tertiary/aromatic N) is 2. The number of imidazole rings is 1. The average Bonchev–Trinajstić information content (AvgIpc) is 3.51. The minimum Gasteiger partial charge on any atom is -0.387 e. The number of H-pyrrole nitrogens is 1. The average molecular weight is 539 g/mol. The van der Waals surface area contributed by atoms with Crippen molar-refractivity contribution in [2.45, 2.75) is 38.3 Å². The van der Waals surface area contributed by atoms with Crippen molar-refractivity contribution in [3.8, 4) is 0 Å². The topological polar surface area (TPSA) is 94.2 Å². The van der Waals surface area contributed by atoms with Crippen LogP contribution in [-0.4, -0.2) is 34.5 Å². The molecule has 1 fully saturated rings. The number of allylic oxidation sites excluding steroid dienone is 7. The zero-order valence-corrected chi connectivity index (χ0v) is 23.4. The first kappa shape index (κ1) is 25.5. The number of aliphatic imine (C=N–C) groups is 1. The first-order valence-electron chi connectivity index (χ1n) is 13.5. The number of thioether (sulfide) groups is 1. The number of aromatic amines is 1. The molecule has 1 aromatic heterocycles. The summed E-state index contributed by atoms with van der Waals surface area (Å²) in [4.78, 5) is 26.1. The molecule has 0 radical (unpaired) electrons. The second-order valence-electron chi connectivity index (χ2n) is 10.8. The molecule has 3 heterocycles. The lowest BCUT2D eigenvalue weighted by atomic mass is 9.91. The lowest BCUT2D eigenvalue weighted by molar-refractivity contribution is 0.102. The fraction of sp³-hybridized carbons (Fsp3) is 0.323. The summed E-state index contributed by atoms with van der Waals surface area (Å²) in [6, 6.07) is 5.93. The monoisotopic (exact) mass is 538 g/mol. The first-order chi connectivity index (χ1) is 18.9. The van der Waals surface area contributed by atoms with Crippen LogP contribution in [0.25, 0.3) is 5.57 Å². The van der Waals surface area contributed by atoms with Gasteiger partial charge in [-0.05, 0) is 66.7 Å². The number of rotatable bonds is 6. The Bertz CT molecular complexity index is 1490. The van der Waals surface area contributed by atoms with Crippen LogP contribution in [0.15, 0.2) is 82.8 Å². The maximum Gasteiger partial charge on any atom is 0.274 e. The van der Waals surface area contributed by atoms with Gasteiger partial charge in [0.1, 0.15) is 17.2 Å². The number of carbonyl (C=O) groups excluding carboxylic acids is 1. The van der Waals surface area contributed by atoms with Gasteiger partial charge in [0.25, 0.3) is 5.91 Å². The van der Waals surface area contributed by atoms with E-state index < -0.39 is 0 Å². The quantitative estimate of drug-likeness (QED) is 0.317. The van der Waals surface area contributed by atoms with E-state index in [1.165, 1.54) is 17.3 Å². The number of anilines is 2. The molecule has 4 N–H and O–H groups in total. The van der Waals surface area contributed by atoms with Crippen molar-refractivity contribution >= 4 is 40.5 Å². The number of hydrogen-bond acceptors (Lipinski definition) is 6. The number of fused-ring (bicyclic) bond motifs is 1. The standard InChI is InChI=1S/C31H34N6OS/c1-19-6-9-21(10-7-19)27-28(37-30(36-27)39-3)29(38)34-24-11-8-20(2)25(16-24)35-26-15-23-17-31(23,12-14-33-26)22-5-4-13-32-18-22/h4-6,8-12,14,16,18-19,23,32H,7,13,15,17H2,1-3H3,(H,33,35)(H,34,38)(H,36,37). The van der Waals surface area contributed by atoms with Crippen molar-refractivity contribution in [2.75, 3.05) is 23.4 Å². The molecule has 6 rings (SSSR count). The lowest BCUT2D eigenvalue weighted by Crippen LogP contribution is -2.17. The minimum absolute atomic E-state index is 0.0835. The Labute approximate surface area is 233 Å². The van der Waals surface area contributed by atoms with Crippen LogP contribution in [0.5, 0.6) is 0 Å². The van der Waals surface area contributed by atoms with Crippen LogP contribution in [-0.2, 0) is 0 Å². The van der Waals surface area contributed by atoms with Gasteiger partial charge in [-0.3, -0.25) is 4.79 Å². The fourth-order valence-corrected chi connectivity index (χ4v) is 5.94. The summed E-state index contributed by atoms with van der Waals surface area (Å²) >= 11 is 1.49. The molecule has 1 amide bonds. The number of hydrogen-bond donors (Lipinski definition) is 4. The summed E-state index contributed by atoms with van der Waals surface area (Å²) in [5, 5.41) is 10.7. The Morgan fingerprint density at radius 2 is 2.15 bits per heavy atom. The first-order valence-corrected chi connectivity index (χ1v) is 14.7. The van der Waals surface area contributed by atoms with Gasteiger partial charge in [-0.2, -0.15) is 0 Å². The molecule has 2 aliphatic heterocycles. The fourth-order valence-electron chi connectivity index (χ4n) is 5.55. The maximum absolute atomic E-state index is 13.4. The van der Waals surface area contributed by atoms with Crippen LogP contribution in [0.3, 0.4) is 0 Å². The minimum atomic E-state index is -0.208.